The van der Waals surface area contributed by atoms with Gasteiger partial charge in [0.2, 0.25) is 0 Å². The molecule has 0 saturated heterocycles. The maximum Gasteiger partial charge on any atom is 0.119 e. The summed E-state index contributed by atoms with van der Waals surface area (Å²) < 4.78 is 5.37. The summed E-state index contributed by atoms with van der Waals surface area (Å²) in [5.74, 6) is 2.53. The second-order valence-electron chi connectivity index (χ2n) is 6.74. The predicted molar refractivity (Wildman–Crippen MR) is 88.7 cm³/mol. The van der Waals surface area contributed by atoms with Gasteiger partial charge in [-0.3, -0.25) is 0 Å². The van der Waals surface area contributed by atoms with Crippen molar-refractivity contribution in [2.24, 2.45) is 11.8 Å². The smallest absolute Gasteiger partial charge is 0.119 e. The van der Waals surface area contributed by atoms with Crippen molar-refractivity contribution in [2.45, 2.75) is 52.2 Å². The highest BCUT2D eigenvalue weighted by Gasteiger charge is 2.35. The Labute approximate surface area is 129 Å². The second kappa shape index (κ2) is 7.28. The zero-order valence-electron chi connectivity index (χ0n) is 14.0. The van der Waals surface area contributed by atoms with Crippen LogP contribution in [0.5, 0.6) is 5.75 Å². The Hall–Kier alpha value is -1.06. The van der Waals surface area contributed by atoms with Gasteiger partial charge in [-0.05, 0) is 36.0 Å². The molecule has 1 aliphatic carbocycles. The third kappa shape index (κ3) is 4.21. The lowest BCUT2D eigenvalue weighted by Gasteiger charge is -2.43. The van der Waals surface area contributed by atoms with E-state index < -0.39 is 0 Å². The number of nitrogens with one attached hydrogen (secondary N) is 2. The Balaban J connectivity index is 2.07. The molecule has 4 atom stereocenters. The van der Waals surface area contributed by atoms with Crippen molar-refractivity contribution in [1.29, 1.82) is 0 Å². The van der Waals surface area contributed by atoms with Gasteiger partial charge in [0.05, 0.1) is 7.11 Å². The molecule has 0 bridgehead atoms. The van der Waals surface area contributed by atoms with Crippen molar-refractivity contribution >= 4 is 0 Å². The first-order chi connectivity index (χ1) is 10.0. The van der Waals surface area contributed by atoms with Crippen molar-refractivity contribution in [3.63, 3.8) is 0 Å². The van der Waals surface area contributed by atoms with E-state index in [9.17, 15) is 0 Å². The Morgan fingerprint density at radius 3 is 2.62 bits per heavy atom. The first-order valence-electron chi connectivity index (χ1n) is 8.14. The zero-order valence-corrected chi connectivity index (χ0v) is 14.0. The first-order valence-corrected chi connectivity index (χ1v) is 8.14. The molecule has 1 aromatic rings. The van der Waals surface area contributed by atoms with Crippen molar-refractivity contribution in [1.82, 2.24) is 10.6 Å². The van der Waals surface area contributed by atoms with E-state index in [4.69, 9.17) is 4.74 Å². The lowest BCUT2D eigenvalue weighted by molar-refractivity contribution is 0.124. The summed E-state index contributed by atoms with van der Waals surface area (Å²) in [6, 6.07) is 9.88. The lowest BCUT2D eigenvalue weighted by Crippen LogP contribution is -2.51. The van der Waals surface area contributed by atoms with E-state index in [2.05, 4.69) is 56.5 Å². The van der Waals surface area contributed by atoms with Crippen LogP contribution in [0, 0.1) is 11.8 Å². The minimum absolute atomic E-state index is 0.336. The van der Waals surface area contributed by atoms with E-state index in [1.54, 1.807) is 7.11 Å². The average molecular weight is 290 g/mol. The molecule has 1 saturated carbocycles. The van der Waals surface area contributed by atoms with Crippen molar-refractivity contribution < 1.29 is 4.74 Å². The van der Waals surface area contributed by atoms with Crippen LogP contribution in [0.1, 0.15) is 45.7 Å². The molecule has 1 aromatic carbocycles. The number of hydrogen-bond donors (Lipinski definition) is 2. The number of ether oxygens (including phenoxy) is 1. The minimum atomic E-state index is 0.336. The van der Waals surface area contributed by atoms with Gasteiger partial charge >= 0.3 is 0 Å². The van der Waals surface area contributed by atoms with E-state index in [1.807, 2.05) is 6.07 Å². The number of methoxy groups -OCH3 is 1. The monoisotopic (exact) mass is 290 g/mol. The van der Waals surface area contributed by atoms with Crippen LogP contribution >= 0.6 is 0 Å². The molecule has 0 spiro atoms. The SMILES string of the molecule is COc1cccc(C(CNC(C)C)N[C@@H]2CC(C)C2C)c1. The van der Waals surface area contributed by atoms with E-state index in [0.717, 1.165) is 24.1 Å². The molecule has 21 heavy (non-hydrogen) atoms. The first kappa shape index (κ1) is 16.3. The maximum absolute atomic E-state index is 5.37. The average Bonchev–Trinajstić information content (AvgIpc) is 2.49. The molecule has 118 valence electrons. The van der Waals surface area contributed by atoms with Crippen molar-refractivity contribution in [3.8, 4) is 5.75 Å². The summed E-state index contributed by atoms with van der Waals surface area (Å²) in [7, 11) is 1.73. The molecule has 3 nitrogen and oxygen atoms in total. The predicted octanol–water partition coefficient (Wildman–Crippen LogP) is 3.37. The van der Waals surface area contributed by atoms with Gasteiger partial charge in [0.1, 0.15) is 5.75 Å². The van der Waals surface area contributed by atoms with Crippen LogP contribution in [0.25, 0.3) is 0 Å². The van der Waals surface area contributed by atoms with Gasteiger partial charge in [0.15, 0.2) is 0 Å². The van der Waals surface area contributed by atoms with E-state index in [0.29, 0.717) is 18.1 Å². The van der Waals surface area contributed by atoms with Gasteiger partial charge in [0.25, 0.3) is 0 Å². The van der Waals surface area contributed by atoms with Crippen molar-refractivity contribution in [3.05, 3.63) is 29.8 Å². The summed E-state index contributed by atoms with van der Waals surface area (Å²) in [4.78, 5) is 0. The van der Waals surface area contributed by atoms with E-state index in [1.165, 1.54) is 12.0 Å². The topological polar surface area (TPSA) is 33.3 Å². The van der Waals surface area contributed by atoms with Gasteiger partial charge in [-0.2, -0.15) is 0 Å². The van der Waals surface area contributed by atoms with Crippen LogP contribution in [0.2, 0.25) is 0 Å². The molecule has 1 aliphatic rings. The molecule has 0 radical (unpaired) electrons. The van der Waals surface area contributed by atoms with Gasteiger partial charge in [-0.1, -0.05) is 39.8 Å². The third-order valence-electron chi connectivity index (χ3n) is 4.80. The summed E-state index contributed by atoms with van der Waals surface area (Å²) in [6.45, 7) is 10.0. The Kier molecular flexibility index (Phi) is 5.65. The van der Waals surface area contributed by atoms with Gasteiger partial charge in [-0.15, -0.1) is 0 Å². The van der Waals surface area contributed by atoms with Crippen LogP contribution in [0.15, 0.2) is 24.3 Å². The minimum Gasteiger partial charge on any atom is -0.497 e. The molecule has 2 rings (SSSR count). The fraction of sp³-hybridized carbons (Fsp3) is 0.667. The van der Waals surface area contributed by atoms with Crippen LogP contribution in [-0.4, -0.2) is 25.7 Å². The molecule has 2 N–H and O–H groups in total. The van der Waals surface area contributed by atoms with Crippen LogP contribution in [0.4, 0.5) is 0 Å². The number of hydrogen-bond acceptors (Lipinski definition) is 3. The second-order valence-corrected chi connectivity index (χ2v) is 6.74. The van der Waals surface area contributed by atoms with Crippen LogP contribution < -0.4 is 15.4 Å². The highest BCUT2D eigenvalue weighted by atomic mass is 16.5. The van der Waals surface area contributed by atoms with Gasteiger partial charge < -0.3 is 15.4 Å². The Bertz CT molecular complexity index is 447. The molecule has 0 heterocycles. The molecule has 0 amide bonds. The molecule has 0 aliphatic heterocycles. The summed E-state index contributed by atoms with van der Waals surface area (Å²) in [5, 5.41) is 7.40. The highest BCUT2D eigenvalue weighted by molar-refractivity contribution is 5.31. The Morgan fingerprint density at radius 1 is 1.29 bits per heavy atom. The molecule has 1 fully saturated rings. The summed E-state index contributed by atoms with van der Waals surface area (Å²) in [6.07, 6.45) is 1.28. The standard InChI is InChI=1S/C18H30N2O/c1-12(2)19-11-18(20-17-9-13(3)14(17)4)15-7-6-8-16(10-15)21-5/h6-8,10,12-14,17-20H,9,11H2,1-5H3/t13?,14?,17-,18?/m1/s1. The van der Waals surface area contributed by atoms with E-state index >= 15 is 0 Å². The normalized spacial score (nSPS) is 26.5. The molecule has 3 heteroatoms. The third-order valence-corrected chi connectivity index (χ3v) is 4.80. The summed E-state index contributed by atoms with van der Waals surface area (Å²) >= 11 is 0. The number of rotatable bonds is 7. The Morgan fingerprint density at radius 2 is 2.05 bits per heavy atom. The van der Waals surface area contributed by atoms with Gasteiger partial charge in [-0.25, -0.2) is 0 Å². The van der Waals surface area contributed by atoms with Crippen LogP contribution in [-0.2, 0) is 0 Å². The zero-order chi connectivity index (χ0) is 15.4. The molecule has 3 unspecified atom stereocenters. The van der Waals surface area contributed by atoms with Crippen LogP contribution in [0.3, 0.4) is 0 Å². The van der Waals surface area contributed by atoms with Gasteiger partial charge in [0, 0.05) is 24.7 Å². The van der Waals surface area contributed by atoms with E-state index in [-0.39, 0.29) is 0 Å². The fourth-order valence-electron chi connectivity index (χ4n) is 2.99. The highest BCUT2D eigenvalue weighted by Crippen LogP contribution is 2.35. The fourth-order valence-corrected chi connectivity index (χ4v) is 2.99. The summed E-state index contributed by atoms with van der Waals surface area (Å²) in [5.41, 5.74) is 1.30. The molecule has 0 aromatic heterocycles. The maximum atomic E-state index is 5.37. The lowest BCUT2D eigenvalue weighted by atomic mass is 9.71. The quantitative estimate of drug-likeness (QED) is 0.808. The molecular weight excluding hydrogens is 260 g/mol. The number of benzene rings is 1. The van der Waals surface area contributed by atoms with Crippen molar-refractivity contribution in [2.75, 3.05) is 13.7 Å². The largest absolute Gasteiger partial charge is 0.497 e. The molecular formula is C18H30N2O.